The molecular formula is C21H23BrN2O. The zero-order valence-corrected chi connectivity index (χ0v) is 15.7. The lowest BCUT2D eigenvalue weighted by Gasteiger charge is -2.33. The van der Waals surface area contributed by atoms with Crippen molar-refractivity contribution in [3.8, 4) is 0 Å². The molecule has 0 spiro atoms. The first kappa shape index (κ1) is 16.8. The lowest BCUT2D eigenvalue weighted by molar-refractivity contribution is 0.0973. The summed E-state index contributed by atoms with van der Waals surface area (Å²) in [7, 11) is 0. The van der Waals surface area contributed by atoms with E-state index in [-0.39, 0.29) is 0 Å². The summed E-state index contributed by atoms with van der Waals surface area (Å²) in [4.78, 5) is 5.70. The minimum atomic E-state index is -0.419. The van der Waals surface area contributed by atoms with Gasteiger partial charge in [-0.25, -0.2) is 0 Å². The van der Waals surface area contributed by atoms with Gasteiger partial charge in [-0.15, -0.1) is 0 Å². The number of benzene rings is 2. The van der Waals surface area contributed by atoms with E-state index in [9.17, 15) is 5.11 Å². The van der Waals surface area contributed by atoms with Gasteiger partial charge in [0.25, 0.3) is 0 Å². The van der Waals surface area contributed by atoms with E-state index in [1.807, 2.05) is 30.5 Å². The fourth-order valence-electron chi connectivity index (χ4n) is 3.93. The predicted molar refractivity (Wildman–Crippen MR) is 106 cm³/mol. The number of hydrogen-bond donors (Lipinski definition) is 2. The molecule has 0 amide bonds. The van der Waals surface area contributed by atoms with Crippen LogP contribution in [0.1, 0.15) is 36.0 Å². The Morgan fingerprint density at radius 2 is 1.84 bits per heavy atom. The zero-order valence-electron chi connectivity index (χ0n) is 14.2. The highest BCUT2D eigenvalue weighted by Gasteiger charge is 2.23. The van der Waals surface area contributed by atoms with Gasteiger partial charge >= 0.3 is 0 Å². The van der Waals surface area contributed by atoms with Crippen molar-refractivity contribution in [2.24, 2.45) is 0 Å². The molecule has 4 rings (SSSR count). The Morgan fingerprint density at radius 3 is 2.60 bits per heavy atom. The summed E-state index contributed by atoms with van der Waals surface area (Å²) < 4.78 is 1.04. The van der Waals surface area contributed by atoms with Crippen LogP contribution in [0.2, 0.25) is 0 Å². The third-order valence-corrected chi connectivity index (χ3v) is 5.87. The topological polar surface area (TPSA) is 39.3 Å². The van der Waals surface area contributed by atoms with Crippen molar-refractivity contribution in [2.75, 3.05) is 19.6 Å². The molecule has 25 heavy (non-hydrogen) atoms. The largest absolute Gasteiger partial charge is 0.387 e. The normalized spacial score (nSPS) is 17.8. The van der Waals surface area contributed by atoms with Crippen LogP contribution in [0.5, 0.6) is 0 Å². The van der Waals surface area contributed by atoms with Gasteiger partial charge in [0.1, 0.15) is 0 Å². The van der Waals surface area contributed by atoms with Crippen LogP contribution in [-0.4, -0.2) is 34.6 Å². The number of piperidine rings is 1. The molecule has 0 bridgehead atoms. The zero-order chi connectivity index (χ0) is 17.2. The molecule has 3 aromatic rings. The Kier molecular flexibility index (Phi) is 4.93. The van der Waals surface area contributed by atoms with Gasteiger partial charge in [-0.3, -0.25) is 0 Å². The Hall–Kier alpha value is -1.62. The first-order valence-corrected chi connectivity index (χ1v) is 9.72. The summed E-state index contributed by atoms with van der Waals surface area (Å²) in [5, 5.41) is 11.9. The molecule has 1 unspecified atom stereocenters. The number of nitrogens with zero attached hydrogens (tertiary/aromatic N) is 1. The van der Waals surface area contributed by atoms with Crippen LogP contribution in [0, 0.1) is 0 Å². The van der Waals surface area contributed by atoms with Crippen molar-refractivity contribution in [3.05, 3.63) is 70.3 Å². The molecule has 1 aromatic heterocycles. The number of hydrogen-bond acceptors (Lipinski definition) is 2. The van der Waals surface area contributed by atoms with Crippen molar-refractivity contribution in [1.29, 1.82) is 0 Å². The molecule has 130 valence electrons. The minimum absolute atomic E-state index is 0.419. The van der Waals surface area contributed by atoms with E-state index in [0.29, 0.717) is 12.5 Å². The second kappa shape index (κ2) is 7.32. The van der Waals surface area contributed by atoms with Crippen LogP contribution < -0.4 is 0 Å². The second-order valence-corrected chi connectivity index (χ2v) is 7.84. The average Bonchev–Trinajstić information content (AvgIpc) is 3.12. The molecule has 1 aliphatic rings. The van der Waals surface area contributed by atoms with Crippen molar-refractivity contribution >= 4 is 26.8 Å². The monoisotopic (exact) mass is 398 g/mol. The summed E-state index contributed by atoms with van der Waals surface area (Å²) in [6.45, 7) is 2.79. The Balaban J connectivity index is 1.38. The van der Waals surface area contributed by atoms with Crippen LogP contribution in [0.3, 0.4) is 0 Å². The Morgan fingerprint density at radius 1 is 1.08 bits per heavy atom. The quantitative estimate of drug-likeness (QED) is 0.659. The SMILES string of the molecule is OC(CN1CCC(c2cccc3[nH]ccc23)CC1)c1ccc(Br)cc1. The van der Waals surface area contributed by atoms with Gasteiger partial charge in [0, 0.05) is 28.1 Å². The smallest absolute Gasteiger partial charge is 0.0916 e. The van der Waals surface area contributed by atoms with Crippen LogP contribution in [0.15, 0.2) is 59.2 Å². The van der Waals surface area contributed by atoms with Crippen molar-refractivity contribution in [3.63, 3.8) is 0 Å². The van der Waals surface area contributed by atoms with Crippen LogP contribution in [0.25, 0.3) is 10.9 Å². The summed E-state index contributed by atoms with van der Waals surface area (Å²) in [6, 6.07) is 16.7. The first-order valence-electron chi connectivity index (χ1n) is 8.92. The molecule has 0 radical (unpaired) electrons. The Labute approximate surface area is 156 Å². The van der Waals surface area contributed by atoms with E-state index in [1.54, 1.807) is 0 Å². The number of H-pyrrole nitrogens is 1. The van der Waals surface area contributed by atoms with Crippen molar-refractivity contribution in [2.45, 2.75) is 24.9 Å². The number of rotatable bonds is 4. The first-order chi connectivity index (χ1) is 12.2. The highest BCUT2D eigenvalue weighted by atomic mass is 79.9. The van der Waals surface area contributed by atoms with Crippen LogP contribution in [0.4, 0.5) is 0 Å². The van der Waals surface area contributed by atoms with Gasteiger partial charge in [0.05, 0.1) is 6.10 Å². The van der Waals surface area contributed by atoms with Gasteiger partial charge in [-0.05, 0) is 67.2 Å². The van der Waals surface area contributed by atoms with Crippen LogP contribution in [-0.2, 0) is 0 Å². The fourth-order valence-corrected chi connectivity index (χ4v) is 4.19. The van der Waals surface area contributed by atoms with E-state index in [2.05, 4.69) is 50.1 Å². The van der Waals surface area contributed by atoms with Gasteiger partial charge < -0.3 is 15.0 Å². The highest BCUT2D eigenvalue weighted by molar-refractivity contribution is 9.10. The molecule has 1 fully saturated rings. The number of aliphatic hydroxyl groups is 1. The second-order valence-electron chi connectivity index (χ2n) is 6.93. The number of halogens is 1. The van der Waals surface area contributed by atoms with E-state index in [4.69, 9.17) is 0 Å². The molecule has 0 aliphatic carbocycles. The fraction of sp³-hybridized carbons (Fsp3) is 0.333. The number of aliphatic hydroxyl groups excluding tert-OH is 1. The van der Waals surface area contributed by atoms with E-state index < -0.39 is 6.10 Å². The van der Waals surface area contributed by atoms with Gasteiger partial charge in [-0.1, -0.05) is 40.2 Å². The molecule has 2 aromatic carbocycles. The maximum atomic E-state index is 10.5. The van der Waals surface area contributed by atoms with E-state index in [0.717, 1.165) is 36.0 Å². The number of nitrogens with one attached hydrogen (secondary N) is 1. The van der Waals surface area contributed by atoms with E-state index in [1.165, 1.54) is 16.5 Å². The summed E-state index contributed by atoms with van der Waals surface area (Å²) >= 11 is 3.44. The van der Waals surface area contributed by atoms with Crippen molar-refractivity contribution < 1.29 is 5.11 Å². The predicted octanol–water partition coefficient (Wildman–Crippen LogP) is 4.84. The van der Waals surface area contributed by atoms with Crippen LogP contribution >= 0.6 is 15.9 Å². The van der Waals surface area contributed by atoms with Gasteiger partial charge in [-0.2, -0.15) is 0 Å². The molecule has 1 saturated heterocycles. The highest BCUT2D eigenvalue weighted by Crippen LogP contribution is 2.33. The minimum Gasteiger partial charge on any atom is -0.387 e. The molecule has 2 N–H and O–H groups in total. The Bertz CT molecular complexity index is 834. The van der Waals surface area contributed by atoms with Gasteiger partial charge in [0.2, 0.25) is 0 Å². The summed E-state index contributed by atoms with van der Waals surface area (Å²) in [5.41, 5.74) is 3.68. The lowest BCUT2D eigenvalue weighted by atomic mass is 9.87. The van der Waals surface area contributed by atoms with Gasteiger partial charge in [0.15, 0.2) is 0 Å². The summed E-state index contributed by atoms with van der Waals surface area (Å²) in [6.07, 6.45) is 3.91. The molecule has 4 heteroatoms. The third-order valence-electron chi connectivity index (χ3n) is 5.34. The molecular weight excluding hydrogens is 376 g/mol. The number of β-amino-alcohol motifs (C(OH)–C–C–N with tert-alkyl or cyclic N) is 1. The van der Waals surface area contributed by atoms with E-state index >= 15 is 0 Å². The third kappa shape index (κ3) is 3.66. The molecule has 2 heterocycles. The molecule has 1 atom stereocenters. The molecule has 3 nitrogen and oxygen atoms in total. The van der Waals surface area contributed by atoms with Crippen molar-refractivity contribution in [1.82, 2.24) is 9.88 Å². The maximum Gasteiger partial charge on any atom is 0.0916 e. The average molecular weight is 399 g/mol. The number of aromatic amines is 1. The standard InChI is InChI=1S/C21H23BrN2O/c22-17-6-4-16(5-7-17)21(25)14-24-12-9-15(10-13-24)18-2-1-3-20-19(18)8-11-23-20/h1-8,11,15,21,23,25H,9-10,12-14H2. The molecule has 1 aliphatic heterocycles. The number of fused-ring (bicyclic) bond motifs is 1. The maximum absolute atomic E-state index is 10.5. The number of likely N-dealkylation sites (tertiary alicyclic amines) is 1. The lowest BCUT2D eigenvalue weighted by Crippen LogP contribution is -2.36. The summed E-state index contributed by atoms with van der Waals surface area (Å²) in [5.74, 6) is 0.612. The molecule has 0 saturated carbocycles. The number of aromatic nitrogens is 1.